The van der Waals surface area contributed by atoms with Crippen LogP contribution in [0.4, 0.5) is 6.01 Å². The summed E-state index contributed by atoms with van der Waals surface area (Å²) in [6.45, 7) is 2.07. The lowest BCUT2D eigenvalue weighted by atomic mass is 10.2. The Morgan fingerprint density at radius 2 is 2.35 bits per heavy atom. The molecular formula is C13H17N3O. The molecule has 1 saturated heterocycles. The molecule has 4 heteroatoms. The van der Waals surface area contributed by atoms with Crippen LogP contribution in [0.25, 0.3) is 11.1 Å². The second kappa shape index (κ2) is 4.75. The first-order valence-electron chi connectivity index (χ1n) is 6.25. The highest BCUT2D eigenvalue weighted by atomic mass is 16.4. The van der Waals surface area contributed by atoms with Crippen LogP contribution in [0.1, 0.15) is 19.3 Å². The van der Waals surface area contributed by atoms with E-state index in [1.54, 1.807) is 0 Å². The van der Waals surface area contributed by atoms with Gasteiger partial charge in [-0.25, -0.2) is 0 Å². The van der Waals surface area contributed by atoms with E-state index in [0.717, 1.165) is 30.6 Å². The molecular weight excluding hydrogens is 214 g/mol. The zero-order valence-corrected chi connectivity index (χ0v) is 9.78. The Morgan fingerprint density at radius 1 is 1.41 bits per heavy atom. The van der Waals surface area contributed by atoms with Crippen molar-refractivity contribution < 1.29 is 4.42 Å². The molecule has 1 aliphatic rings. The number of para-hydroxylation sites is 2. The van der Waals surface area contributed by atoms with Crippen molar-refractivity contribution in [3.63, 3.8) is 0 Å². The van der Waals surface area contributed by atoms with Gasteiger partial charge in [0.15, 0.2) is 5.58 Å². The Labute approximate surface area is 100 Å². The first-order chi connectivity index (χ1) is 8.42. The molecule has 0 bridgehead atoms. The SMILES string of the molecule is c1ccc2oc(NCC[C@@H]3CCCN3)nc2c1. The van der Waals surface area contributed by atoms with Crippen LogP contribution < -0.4 is 10.6 Å². The maximum atomic E-state index is 5.59. The minimum absolute atomic E-state index is 0.629. The summed E-state index contributed by atoms with van der Waals surface area (Å²) in [7, 11) is 0. The summed E-state index contributed by atoms with van der Waals surface area (Å²) < 4.78 is 5.59. The number of nitrogens with zero attached hydrogens (tertiary/aromatic N) is 1. The summed E-state index contributed by atoms with van der Waals surface area (Å²) in [6.07, 6.45) is 3.71. The zero-order valence-electron chi connectivity index (χ0n) is 9.78. The van der Waals surface area contributed by atoms with E-state index in [4.69, 9.17) is 4.42 Å². The van der Waals surface area contributed by atoms with Gasteiger partial charge in [-0.15, -0.1) is 0 Å². The lowest BCUT2D eigenvalue weighted by Crippen LogP contribution is -2.24. The monoisotopic (exact) mass is 231 g/mol. The predicted molar refractivity (Wildman–Crippen MR) is 68.1 cm³/mol. The van der Waals surface area contributed by atoms with Gasteiger partial charge in [0.2, 0.25) is 0 Å². The molecule has 2 heterocycles. The van der Waals surface area contributed by atoms with E-state index in [0.29, 0.717) is 12.1 Å². The molecule has 3 rings (SSSR count). The van der Waals surface area contributed by atoms with Crippen LogP contribution in [0.2, 0.25) is 0 Å². The molecule has 0 unspecified atom stereocenters. The third kappa shape index (κ3) is 2.42. The number of nitrogens with one attached hydrogen (secondary N) is 2. The molecule has 1 aromatic heterocycles. The highest BCUT2D eigenvalue weighted by Gasteiger charge is 2.13. The predicted octanol–water partition coefficient (Wildman–Crippen LogP) is 2.38. The van der Waals surface area contributed by atoms with Crippen molar-refractivity contribution in [2.45, 2.75) is 25.3 Å². The van der Waals surface area contributed by atoms with Gasteiger partial charge < -0.3 is 15.1 Å². The minimum Gasteiger partial charge on any atom is -0.424 e. The molecule has 2 N–H and O–H groups in total. The van der Waals surface area contributed by atoms with E-state index < -0.39 is 0 Å². The third-order valence-corrected chi connectivity index (χ3v) is 3.23. The van der Waals surface area contributed by atoms with Gasteiger partial charge >= 0.3 is 0 Å². The van der Waals surface area contributed by atoms with Gasteiger partial charge in [-0.3, -0.25) is 0 Å². The van der Waals surface area contributed by atoms with E-state index in [1.807, 2.05) is 24.3 Å². The minimum atomic E-state index is 0.629. The van der Waals surface area contributed by atoms with Crippen LogP contribution in [0.3, 0.4) is 0 Å². The van der Waals surface area contributed by atoms with Crippen molar-refractivity contribution in [1.82, 2.24) is 10.3 Å². The first-order valence-corrected chi connectivity index (χ1v) is 6.25. The van der Waals surface area contributed by atoms with Crippen molar-refractivity contribution in [2.75, 3.05) is 18.4 Å². The van der Waals surface area contributed by atoms with E-state index in [-0.39, 0.29) is 0 Å². The first kappa shape index (κ1) is 10.6. The number of rotatable bonds is 4. The molecule has 0 spiro atoms. The van der Waals surface area contributed by atoms with Gasteiger partial charge in [0.05, 0.1) is 0 Å². The quantitative estimate of drug-likeness (QED) is 0.848. The summed E-state index contributed by atoms with van der Waals surface area (Å²) >= 11 is 0. The van der Waals surface area contributed by atoms with E-state index in [1.165, 1.54) is 12.8 Å². The van der Waals surface area contributed by atoms with Crippen molar-refractivity contribution in [3.8, 4) is 0 Å². The molecule has 17 heavy (non-hydrogen) atoms. The summed E-state index contributed by atoms with van der Waals surface area (Å²) in [6, 6.07) is 9.11. The lowest BCUT2D eigenvalue weighted by Gasteiger charge is -2.09. The van der Waals surface area contributed by atoms with E-state index in [9.17, 15) is 0 Å². The smallest absolute Gasteiger partial charge is 0.295 e. The van der Waals surface area contributed by atoms with E-state index in [2.05, 4.69) is 15.6 Å². The molecule has 0 amide bonds. The highest BCUT2D eigenvalue weighted by Crippen LogP contribution is 2.18. The van der Waals surface area contributed by atoms with Crippen LogP contribution in [0, 0.1) is 0 Å². The van der Waals surface area contributed by atoms with Crippen LogP contribution in [-0.2, 0) is 0 Å². The van der Waals surface area contributed by atoms with Gasteiger partial charge in [0, 0.05) is 12.6 Å². The molecule has 1 fully saturated rings. The molecule has 0 radical (unpaired) electrons. The Balaban J connectivity index is 1.57. The summed E-state index contributed by atoms with van der Waals surface area (Å²) in [4.78, 5) is 4.38. The molecule has 4 nitrogen and oxygen atoms in total. The van der Waals surface area contributed by atoms with Crippen molar-refractivity contribution in [2.24, 2.45) is 0 Å². The third-order valence-electron chi connectivity index (χ3n) is 3.23. The standard InChI is InChI=1S/C13H17N3O/c1-2-6-12-11(5-1)16-13(17-12)15-9-7-10-4-3-8-14-10/h1-2,5-6,10,14H,3-4,7-9H2,(H,15,16)/t10-/m0/s1. The fraction of sp³-hybridized carbons (Fsp3) is 0.462. The maximum absolute atomic E-state index is 5.59. The van der Waals surface area contributed by atoms with Crippen LogP contribution in [0.5, 0.6) is 0 Å². The number of anilines is 1. The Bertz CT molecular complexity index is 455. The number of fused-ring (bicyclic) bond motifs is 1. The van der Waals surface area contributed by atoms with Gasteiger partial charge in [0.1, 0.15) is 5.52 Å². The van der Waals surface area contributed by atoms with Gasteiger partial charge in [-0.2, -0.15) is 4.98 Å². The second-order valence-corrected chi connectivity index (χ2v) is 4.50. The van der Waals surface area contributed by atoms with Crippen LogP contribution in [0.15, 0.2) is 28.7 Å². The molecule has 2 aromatic rings. The summed E-state index contributed by atoms with van der Waals surface area (Å²) in [5.74, 6) is 0. The fourth-order valence-corrected chi connectivity index (χ4v) is 2.30. The fourth-order valence-electron chi connectivity index (χ4n) is 2.30. The average Bonchev–Trinajstić information content (AvgIpc) is 2.96. The average molecular weight is 231 g/mol. The number of oxazole rings is 1. The van der Waals surface area contributed by atoms with Crippen LogP contribution in [-0.4, -0.2) is 24.1 Å². The largest absolute Gasteiger partial charge is 0.424 e. The Morgan fingerprint density at radius 3 is 3.18 bits per heavy atom. The number of benzene rings is 1. The van der Waals surface area contributed by atoms with Gasteiger partial charge in [-0.05, 0) is 37.9 Å². The topological polar surface area (TPSA) is 50.1 Å². The number of aromatic nitrogens is 1. The highest BCUT2D eigenvalue weighted by molar-refractivity contribution is 5.74. The van der Waals surface area contributed by atoms with Gasteiger partial charge in [0.25, 0.3) is 6.01 Å². The Hall–Kier alpha value is -1.55. The second-order valence-electron chi connectivity index (χ2n) is 4.50. The maximum Gasteiger partial charge on any atom is 0.295 e. The molecule has 0 saturated carbocycles. The lowest BCUT2D eigenvalue weighted by molar-refractivity contribution is 0.561. The van der Waals surface area contributed by atoms with Crippen LogP contribution >= 0.6 is 0 Å². The van der Waals surface area contributed by atoms with E-state index >= 15 is 0 Å². The number of hydrogen-bond donors (Lipinski definition) is 2. The molecule has 0 aliphatic carbocycles. The normalized spacial score (nSPS) is 19.9. The molecule has 1 aromatic carbocycles. The molecule has 1 atom stereocenters. The van der Waals surface area contributed by atoms with Crippen molar-refractivity contribution in [1.29, 1.82) is 0 Å². The summed E-state index contributed by atoms with van der Waals surface area (Å²) in [5, 5.41) is 6.72. The van der Waals surface area contributed by atoms with Gasteiger partial charge in [-0.1, -0.05) is 12.1 Å². The van der Waals surface area contributed by atoms with Crippen molar-refractivity contribution in [3.05, 3.63) is 24.3 Å². The summed E-state index contributed by atoms with van der Waals surface area (Å²) in [5.41, 5.74) is 1.75. The molecule has 90 valence electrons. The number of hydrogen-bond acceptors (Lipinski definition) is 4. The Kier molecular flexibility index (Phi) is 2.96. The van der Waals surface area contributed by atoms with Crippen molar-refractivity contribution >= 4 is 17.1 Å². The molecule has 1 aliphatic heterocycles. The zero-order chi connectivity index (χ0) is 11.5.